The number of amides is 4. The van der Waals surface area contributed by atoms with E-state index >= 15 is 0 Å². The normalized spacial score (nSPS) is 12.0. The van der Waals surface area contributed by atoms with Crippen molar-refractivity contribution in [2.24, 2.45) is 0 Å². The Morgan fingerprint density at radius 1 is 0.481 bits per heavy atom. The quantitative estimate of drug-likeness (QED) is 0.0362. The molecule has 16 nitrogen and oxygen atoms in total. The van der Waals surface area contributed by atoms with Crippen LogP contribution in [0.5, 0.6) is 0 Å². The van der Waals surface area contributed by atoms with Gasteiger partial charge in [0.2, 0.25) is 23.6 Å². The minimum Gasteiger partial charge on any atom is -0.481 e. The minimum atomic E-state index is -1.21. The van der Waals surface area contributed by atoms with Gasteiger partial charge in [-0.05, 0) is 44.8 Å². The molecule has 17 heteroatoms. The largest absolute Gasteiger partial charge is 0.481 e. The van der Waals surface area contributed by atoms with Crippen LogP contribution >= 0.6 is 0 Å². The standard InChI is InChI=1S/C35H61BN4O12/c36-25-31(43)37-20-14-13-15-27(34(47)48)40-32(44)26-52-24-23-51-22-21-38-29(41)19-18-28(35(49)50)39-30(42)16-11-9-7-5-3-1-2-4-6-8-10-12-17-33(45)46/h27-28H,1-26H2,(H,37,43)(H,38,41)(H,39,42)(H,40,44)(H,45,46)(H,47,48)(H,49,50). The van der Waals surface area contributed by atoms with Crippen molar-refractivity contribution in [1.29, 1.82) is 0 Å². The third kappa shape index (κ3) is 31.0. The van der Waals surface area contributed by atoms with E-state index < -0.39 is 35.9 Å². The average molecular weight is 741 g/mol. The van der Waals surface area contributed by atoms with Crippen LogP contribution in [0.2, 0.25) is 6.32 Å². The Balaban J connectivity index is 3.87. The van der Waals surface area contributed by atoms with E-state index in [0.717, 1.165) is 57.8 Å². The summed E-state index contributed by atoms with van der Waals surface area (Å²) in [4.78, 5) is 81.0. The van der Waals surface area contributed by atoms with E-state index in [9.17, 15) is 43.8 Å². The molecule has 0 aromatic rings. The van der Waals surface area contributed by atoms with Gasteiger partial charge in [0, 0.05) is 32.4 Å². The van der Waals surface area contributed by atoms with Crippen LogP contribution in [-0.2, 0) is 43.0 Å². The van der Waals surface area contributed by atoms with E-state index in [1.54, 1.807) is 0 Å². The van der Waals surface area contributed by atoms with Crippen LogP contribution in [-0.4, -0.2) is 116 Å². The van der Waals surface area contributed by atoms with Crippen molar-refractivity contribution < 1.29 is 58.4 Å². The van der Waals surface area contributed by atoms with Crippen molar-refractivity contribution in [2.45, 2.75) is 140 Å². The molecule has 7 N–H and O–H groups in total. The molecule has 2 radical (unpaired) electrons. The number of nitrogens with one attached hydrogen (secondary N) is 4. The Kier molecular flexibility index (Phi) is 30.8. The first-order chi connectivity index (χ1) is 25.0. The highest BCUT2D eigenvalue weighted by atomic mass is 16.5. The number of carbonyl (C=O) groups is 7. The van der Waals surface area contributed by atoms with Crippen LogP contribution < -0.4 is 21.3 Å². The highest BCUT2D eigenvalue weighted by Gasteiger charge is 2.21. The Hall–Kier alpha value is -3.73. The van der Waals surface area contributed by atoms with Gasteiger partial charge in [-0.2, -0.15) is 0 Å². The van der Waals surface area contributed by atoms with Gasteiger partial charge >= 0.3 is 17.9 Å². The number of hydrogen-bond acceptors (Lipinski definition) is 9. The zero-order valence-corrected chi connectivity index (χ0v) is 30.6. The zero-order valence-electron chi connectivity index (χ0n) is 30.6. The van der Waals surface area contributed by atoms with E-state index in [4.69, 9.17) is 22.4 Å². The number of ether oxygens (including phenoxy) is 2. The summed E-state index contributed by atoms with van der Waals surface area (Å²) in [5.74, 6) is -4.75. The molecule has 0 saturated heterocycles. The third-order valence-corrected chi connectivity index (χ3v) is 8.07. The molecular formula is C35H61BN4O12. The van der Waals surface area contributed by atoms with Crippen molar-refractivity contribution in [3.8, 4) is 0 Å². The first kappa shape index (κ1) is 48.3. The van der Waals surface area contributed by atoms with Crippen molar-refractivity contribution in [1.82, 2.24) is 21.3 Å². The second-order valence-electron chi connectivity index (χ2n) is 12.7. The predicted octanol–water partition coefficient (Wildman–Crippen LogP) is 2.47. The summed E-state index contributed by atoms with van der Waals surface area (Å²) in [6, 6.07) is -2.25. The van der Waals surface area contributed by atoms with Crippen LogP contribution in [0.3, 0.4) is 0 Å². The number of carboxylic acid groups (broad SMARTS) is 3. The number of carboxylic acids is 3. The Morgan fingerprint density at radius 3 is 1.54 bits per heavy atom. The lowest BCUT2D eigenvalue weighted by atomic mass is 10.0. The second-order valence-corrected chi connectivity index (χ2v) is 12.7. The lowest BCUT2D eigenvalue weighted by molar-refractivity contribution is -0.143. The summed E-state index contributed by atoms with van der Waals surface area (Å²) < 4.78 is 10.5. The molecule has 0 aliphatic rings. The molecule has 0 saturated carbocycles. The van der Waals surface area contributed by atoms with Gasteiger partial charge in [0.25, 0.3) is 0 Å². The molecule has 2 unspecified atom stereocenters. The molecule has 52 heavy (non-hydrogen) atoms. The van der Waals surface area contributed by atoms with E-state index in [-0.39, 0.29) is 89.1 Å². The first-order valence-electron chi connectivity index (χ1n) is 18.6. The topological polar surface area (TPSA) is 247 Å². The smallest absolute Gasteiger partial charge is 0.326 e. The highest BCUT2D eigenvalue weighted by molar-refractivity contribution is 6.19. The van der Waals surface area contributed by atoms with Gasteiger partial charge in [0.1, 0.15) is 18.7 Å². The van der Waals surface area contributed by atoms with Gasteiger partial charge in [-0.25, -0.2) is 9.59 Å². The maximum absolute atomic E-state index is 12.3. The Bertz CT molecular complexity index is 1050. The van der Waals surface area contributed by atoms with Crippen LogP contribution in [0, 0.1) is 0 Å². The average Bonchev–Trinajstić information content (AvgIpc) is 3.10. The molecule has 0 heterocycles. The fourth-order valence-electron chi connectivity index (χ4n) is 5.13. The number of unbranched alkanes of at least 4 members (excludes halogenated alkanes) is 12. The molecule has 2 atom stereocenters. The molecule has 0 aliphatic carbocycles. The molecule has 296 valence electrons. The van der Waals surface area contributed by atoms with Gasteiger partial charge in [-0.3, -0.25) is 24.0 Å². The van der Waals surface area contributed by atoms with Crippen LogP contribution in [0.1, 0.15) is 122 Å². The van der Waals surface area contributed by atoms with E-state index in [1.165, 1.54) is 12.8 Å². The Morgan fingerprint density at radius 2 is 0.981 bits per heavy atom. The molecular weight excluding hydrogens is 679 g/mol. The minimum absolute atomic E-state index is 0.0538. The summed E-state index contributed by atoms with van der Waals surface area (Å²) in [5, 5.41) is 37.5. The predicted molar refractivity (Wildman–Crippen MR) is 193 cm³/mol. The molecule has 0 fully saturated rings. The monoisotopic (exact) mass is 740 g/mol. The van der Waals surface area contributed by atoms with E-state index in [1.807, 2.05) is 0 Å². The van der Waals surface area contributed by atoms with Gasteiger partial charge < -0.3 is 46.1 Å². The lowest BCUT2D eigenvalue weighted by Gasteiger charge is -2.15. The number of rotatable bonds is 36. The maximum atomic E-state index is 12.3. The van der Waals surface area contributed by atoms with Crippen molar-refractivity contribution in [2.75, 3.05) is 39.5 Å². The number of hydrogen-bond donors (Lipinski definition) is 7. The molecule has 0 aliphatic heterocycles. The Labute approximate surface area is 308 Å². The van der Waals surface area contributed by atoms with Crippen molar-refractivity contribution >= 4 is 49.4 Å². The van der Waals surface area contributed by atoms with Gasteiger partial charge in [0.05, 0.1) is 27.7 Å². The van der Waals surface area contributed by atoms with Gasteiger partial charge in [-0.15, -0.1) is 0 Å². The molecule has 4 amide bonds. The highest BCUT2D eigenvalue weighted by Crippen LogP contribution is 2.13. The van der Waals surface area contributed by atoms with Crippen LogP contribution in [0.4, 0.5) is 0 Å². The molecule has 0 aromatic heterocycles. The summed E-state index contributed by atoms with van der Waals surface area (Å²) >= 11 is 0. The van der Waals surface area contributed by atoms with Gasteiger partial charge in [0.15, 0.2) is 0 Å². The molecule has 0 rings (SSSR count). The fourth-order valence-corrected chi connectivity index (χ4v) is 5.13. The summed E-state index contributed by atoms with van der Waals surface area (Å²) in [7, 11) is 5.19. The van der Waals surface area contributed by atoms with Crippen molar-refractivity contribution in [3.05, 3.63) is 0 Å². The third-order valence-electron chi connectivity index (χ3n) is 8.07. The zero-order chi connectivity index (χ0) is 38.8. The molecule has 0 aromatic carbocycles. The van der Waals surface area contributed by atoms with Crippen LogP contribution in [0.25, 0.3) is 0 Å². The molecule has 0 spiro atoms. The first-order valence-corrected chi connectivity index (χ1v) is 18.6. The maximum Gasteiger partial charge on any atom is 0.326 e. The SMILES string of the molecule is [B]CC(=O)NCCCCC(NC(=O)COCCOCCNC(=O)CCC(NC(=O)CCCCCCCCCCCCCCC(=O)O)C(=O)O)C(=O)O. The fraction of sp³-hybridized carbons (Fsp3) is 0.800. The van der Waals surface area contributed by atoms with Gasteiger partial charge in [-0.1, -0.05) is 64.2 Å². The van der Waals surface area contributed by atoms with E-state index in [2.05, 4.69) is 21.3 Å². The summed E-state index contributed by atoms with van der Waals surface area (Å²) in [6.45, 7) is 0.481. The number of carbonyl (C=O) groups excluding carboxylic acids is 4. The summed E-state index contributed by atoms with van der Waals surface area (Å²) in [5.41, 5.74) is 0. The van der Waals surface area contributed by atoms with Crippen LogP contribution in [0.15, 0.2) is 0 Å². The summed E-state index contributed by atoms with van der Waals surface area (Å²) in [6.07, 6.45) is 13.6. The van der Waals surface area contributed by atoms with Crippen molar-refractivity contribution in [3.63, 3.8) is 0 Å². The molecule has 0 bridgehead atoms. The second kappa shape index (κ2) is 33.1. The number of aliphatic carboxylic acids is 3. The lowest BCUT2D eigenvalue weighted by Crippen LogP contribution is -2.42. The van der Waals surface area contributed by atoms with E-state index in [0.29, 0.717) is 25.8 Å².